The van der Waals surface area contributed by atoms with E-state index in [1.165, 1.54) is 154 Å². The Morgan fingerprint density at radius 1 is 0.438 bits per heavy atom. The Kier molecular flexibility index (Phi) is 62.3. The number of unbranched alkanes of at least 4 members (excludes halogenated alkanes) is 22. The molecule has 289 valence electrons. The van der Waals surface area contributed by atoms with Gasteiger partial charge in [0.25, 0.3) is 6.47 Å². The molecule has 1 radical (unpaired) electrons. The van der Waals surface area contributed by atoms with Gasteiger partial charge >= 0.3 is 0 Å². The van der Waals surface area contributed by atoms with E-state index in [-0.39, 0.29) is 52.0 Å². The summed E-state index contributed by atoms with van der Waals surface area (Å²) in [5, 5.41) is 26.2. The first-order valence-electron chi connectivity index (χ1n) is 20.7. The molecule has 0 unspecified atom stereocenters. The summed E-state index contributed by atoms with van der Waals surface area (Å²) in [5.74, 6) is 0. The first kappa shape index (κ1) is 55.2. The Labute approximate surface area is 326 Å². The molecule has 0 bridgehead atoms. The number of ether oxygens (including phenoxy) is 1. The zero-order valence-electron chi connectivity index (χ0n) is 33.1. The summed E-state index contributed by atoms with van der Waals surface area (Å²) in [6.07, 6.45) is 36.7. The van der Waals surface area contributed by atoms with Gasteiger partial charge in [-0.05, 0) is 64.5 Å². The van der Waals surface area contributed by atoms with Gasteiger partial charge in [0.15, 0.2) is 0 Å². The van der Waals surface area contributed by atoms with Crippen molar-refractivity contribution in [3.05, 3.63) is 0 Å². The van der Waals surface area contributed by atoms with Gasteiger partial charge in [-0.25, -0.2) is 0 Å². The van der Waals surface area contributed by atoms with E-state index in [0.717, 1.165) is 51.7 Å². The van der Waals surface area contributed by atoms with Gasteiger partial charge in [-0.2, -0.15) is 0 Å². The smallest absolute Gasteiger partial charge is 0.293 e. The second-order valence-corrected chi connectivity index (χ2v) is 13.6. The van der Waals surface area contributed by atoms with Crippen LogP contribution in [0, 0.1) is 0 Å². The van der Waals surface area contributed by atoms with Gasteiger partial charge in [0.2, 0.25) is 0 Å². The molecule has 0 spiro atoms. The SMILES string of the molecule is CCCCCCCCC(CCCCCCCC)OC=O.CCCCCCCCCO.CCCCCCCCN(CCO)CCCCO.[Y]. The van der Waals surface area contributed by atoms with Gasteiger partial charge in [0, 0.05) is 52.5 Å². The van der Waals surface area contributed by atoms with Gasteiger partial charge in [0.1, 0.15) is 6.10 Å². The number of carbonyl (C=O) groups is 1. The first-order valence-corrected chi connectivity index (χ1v) is 20.7. The van der Waals surface area contributed by atoms with Crippen molar-refractivity contribution in [2.75, 3.05) is 39.5 Å². The fourth-order valence-electron chi connectivity index (χ4n) is 5.77. The van der Waals surface area contributed by atoms with Crippen LogP contribution in [0.4, 0.5) is 0 Å². The Balaban J connectivity index is -0.000000315. The van der Waals surface area contributed by atoms with Gasteiger partial charge in [-0.15, -0.1) is 0 Å². The predicted octanol–water partition coefficient (Wildman–Crippen LogP) is 11.2. The van der Waals surface area contributed by atoms with Crippen molar-refractivity contribution >= 4 is 6.47 Å². The summed E-state index contributed by atoms with van der Waals surface area (Å²) >= 11 is 0. The molecule has 7 heteroatoms. The molecule has 48 heavy (non-hydrogen) atoms. The number of nitrogens with zero attached hydrogens (tertiary/aromatic N) is 1. The van der Waals surface area contributed by atoms with Crippen molar-refractivity contribution in [2.24, 2.45) is 0 Å². The van der Waals surface area contributed by atoms with Crippen molar-refractivity contribution in [1.29, 1.82) is 0 Å². The molecule has 0 aliphatic heterocycles. The molecule has 0 aromatic rings. The number of rotatable bonds is 36. The van der Waals surface area contributed by atoms with Gasteiger partial charge in [0.05, 0.1) is 6.61 Å². The zero-order valence-corrected chi connectivity index (χ0v) is 35.9. The third kappa shape index (κ3) is 53.2. The quantitative estimate of drug-likeness (QED) is 0.0435. The average Bonchev–Trinajstić information content (AvgIpc) is 3.08. The van der Waals surface area contributed by atoms with Crippen LogP contribution in [0.25, 0.3) is 0 Å². The molecule has 6 nitrogen and oxygen atoms in total. The van der Waals surface area contributed by atoms with Crippen LogP contribution in [-0.2, 0) is 42.2 Å². The Morgan fingerprint density at radius 3 is 1.10 bits per heavy atom. The molecular weight excluding hydrogens is 675 g/mol. The minimum atomic E-state index is 0. The summed E-state index contributed by atoms with van der Waals surface area (Å²) in [5.41, 5.74) is 0. The normalized spacial score (nSPS) is 10.7. The summed E-state index contributed by atoms with van der Waals surface area (Å²) in [7, 11) is 0. The van der Waals surface area contributed by atoms with Crippen molar-refractivity contribution in [3.8, 4) is 0 Å². The van der Waals surface area contributed by atoms with E-state index in [1.807, 2.05) is 0 Å². The fourth-order valence-corrected chi connectivity index (χ4v) is 5.77. The molecule has 0 amide bonds. The summed E-state index contributed by atoms with van der Waals surface area (Å²) in [6, 6.07) is 0. The van der Waals surface area contributed by atoms with E-state index in [4.69, 9.17) is 20.1 Å². The number of aliphatic hydroxyl groups is 3. The van der Waals surface area contributed by atoms with Crippen LogP contribution >= 0.6 is 0 Å². The Bertz CT molecular complexity index is 505. The maximum absolute atomic E-state index is 10.5. The minimum absolute atomic E-state index is 0. The van der Waals surface area contributed by atoms with Crippen molar-refractivity contribution < 1.29 is 57.6 Å². The molecule has 0 aliphatic carbocycles. The molecule has 0 fully saturated rings. The zero-order chi connectivity index (χ0) is 35.3. The number of carbonyl (C=O) groups excluding carboxylic acids is 1. The largest absolute Gasteiger partial charge is 0.465 e. The van der Waals surface area contributed by atoms with Crippen LogP contribution in [0.15, 0.2) is 0 Å². The van der Waals surface area contributed by atoms with Crippen molar-refractivity contribution in [1.82, 2.24) is 4.90 Å². The van der Waals surface area contributed by atoms with Gasteiger partial charge < -0.3 is 25.0 Å². The molecule has 0 atom stereocenters. The monoisotopic (exact) mass is 763 g/mol. The van der Waals surface area contributed by atoms with Gasteiger partial charge in [-0.3, -0.25) is 4.79 Å². The maximum Gasteiger partial charge on any atom is 0.293 e. The maximum atomic E-state index is 10.5. The van der Waals surface area contributed by atoms with Crippen molar-refractivity contribution in [3.63, 3.8) is 0 Å². The average molecular weight is 763 g/mol. The summed E-state index contributed by atoms with van der Waals surface area (Å²) < 4.78 is 5.22. The van der Waals surface area contributed by atoms with Crippen LogP contribution < -0.4 is 0 Å². The van der Waals surface area contributed by atoms with Crippen molar-refractivity contribution in [2.45, 2.75) is 220 Å². The van der Waals surface area contributed by atoms with E-state index in [2.05, 4.69) is 32.6 Å². The molecule has 0 aliphatic rings. The molecule has 0 saturated heterocycles. The molecule has 0 heterocycles. The molecule has 3 N–H and O–H groups in total. The van der Waals surface area contributed by atoms with E-state index in [9.17, 15) is 4.79 Å². The van der Waals surface area contributed by atoms with E-state index >= 15 is 0 Å². The molecule has 0 saturated carbocycles. The second-order valence-electron chi connectivity index (χ2n) is 13.6. The topological polar surface area (TPSA) is 90.2 Å². The van der Waals surface area contributed by atoms with Crippen LogP contribution in [0.5, 0.6) is 0 Å². The number of hydrogen-bond donors (Lipinski definition) is 3. The van der Waals surface area contributed by atoms with E-state index in [0.29, 0.717) is 13.1 Å². The van der Waals surface area contributed by atoms with Crippen LogP contribution in [0.2, 0.25) is 0 Å². The van der Waals surface area contributed by atoms with Crippen LogP contribution in [0.3, 0.4) is 0 Å². The predicted molar refractivity (Wildman–Crippen MR) is 205 cm³/mol. The minimum Gasteiger partial charge on any atom is -0.465 e. The molecule has 0 aromatic heterocycles. The standard InChI is InChI=1S/C18H36O2.C14H31NO2.C9H20O.Y/c1-3-5-7-9-11-13-15-18(20-17-19)16-14-12-10-8-6-4-2;1-2-3-4-5-6-7-10-15(12-14-17)11-8-9-13-16;1-2-3-4-5-6-7-8-9-10;/h17-18H,3-16H2,1-2H3;16-17H,2-14H2,1H3;10H,2-9H2,1H3;. The Hall–Kier alpha value is 0.414. The van der Waals surface area contributed by atoms with E-state index in [1.54, 1.807) is 0 Å². The summed E-state index contributed by atoms with van der Waals surface area (Å²) in [4.78, 5) is 12.9. The first-order chi connectivity index (χ1) is 23.1. The molecule has 0 aromatic carbocycles. The second kappa shape index (κ2) is 54.2. The van der Waals surface area contributed by atoms with Gasteiger partial charge in [-0.1, -0.05) is 163 Å². The Morgan fingerprint density at radius 2 is 0.750 bits per heavy atom. The number of hydrogen-bond acceptors (Lipinski definition) is 6. The van der Waals surface area contributed by atoms with Crippen LogP contribution in [-0.4, -0.2) is 72.3 Å². The molecule has 0 rings (SSSR count). The fraction of sp³-hybridized carbons (Fsp3) is 0.976. The van der Waals surface area contributed by atoms with E-state index < -0.39 is 0 Å². The third-order valence-electron chi connectivity index (χ3n) is 8.90. The van der Waals surface area contributed by atoms with Crippen LogP contribution in [0.1, 0.15) is 214 Å². The summed E-state index contributed by atoms with van der Waals surface area (Å²) in [6.45, 7) is 13.4. The number of aliphatic hydroxyl groups excluding tert-OH is 3. The molecular formula is C41H87NO5Y. The third-order valence-corrected chi connectivity index (χ3v) is 8.90.